The first-order chi connectivity index (χ1) is 14.1. The van der Waals surface area contributed by atoms with E-state index in [1.807, 2.05) is 30.3 Å². The highest BCUT2D eigenvalue weighted by Gasteiger charge is 2.24. The molecule has 1 fully saturated rings. The molecule has 2 heterocycles. The number of carbonyl (C=O) groups is 1. The van der Waals surface area contributed by atoms with Gasteiger partial charge < -0.3 is 15.0 Å². The van der Waals surface area contributed by atoms with Crippen LogP contribution in [0.3, 0.4) is 0 Å². The van der Waals surface area contributed by atoms with Crippen LogP contribution in [0, 0.1) is 13.8 Å². The molecule has 2 N–H and O–H groups in total. The van der Waals surface area contributed by atoms with Crippen molar-refractivity contribution >= 4 is 16.8 Å². The van der Waals surface area contributed by atoms with Crippen LogP contribution in [0.2, 0.25) is 0 Å². The number of methoxy groups -OCH3 is 1. The van der Waals surface area contributed by atoms with Crippen molar-refractivity contribution in [1.29, 1.82) is 0 Å². The first-order valence-electron chi connectivity index (χ1n) is 10.3. The van der Waals surface area contributed by atoms with Gasteiger partial charge in [-0.25, -0.2) is 0 Å². The molecule has 0 saturated carbocycles. The summed E-state index contributed by atoms with van der Waals surface area (Å²) in [5, 5.41) is 4.28. The van der Waals surface area contributed by atoms with E-state index in [1.165, 1.54) is 24.0 Å². The maximum absolute atomic E-state index is 12.9. The lowest BCUT2D eigenvalue weighted by atomic mass is 10.0. The Balaban J connectivity index is 1.53. The van der Waals surface area contributed by atoms with Crippen LogP contribution in [0.5, 0.6) is 5.75 Å². The highest BCUT2D eigenvalue weighted by atomic mass is 16.5. The molecule has 4 rings (SSSR count). The fourth-order valence-corrected chi connectivity index (χ4v) is 4.25. The van der Waals surface area contributed by atoms with E-state index in [0.717, 1.165) is 35.4 Å². The van der Waals surface area contributed by atoms with Crippen LogP contribution < -0.4 is 10.1 Å². The average Bonchev–Trinajstić information content (AvgIpc) is 3.37. The van der Waals surface area contributed by atoms with Crippen LogP contribution in [0.25, 0.3) is 10.9 Å². The molecule has 1 aliphatic heterocycles. The third kappa shape index (κ3) is 4.01. The van der Waals surface area contributed by atoms with Crippen molar-refractivity contribution in [1.82, 2.24) is 15.2 Å². The maximum Gasteiger partial charge on any atom is 0.251 e. The Hall–Kier alpha value is -2.79. The van der Waals surface area contributed by atoms with Crippen molar-refractivity contribution in [3.05, 3.63) is 64.8 Å². The lowest BCUT2D eigenvalue weighted by Gasteiger charge is -2.28. The molecule has 1 aliphatic rings. The molecule has 5 heteroatoms. The van der Waals surface area contributed by atoms with Gasteiger partial charge in [-0.1, -0.05) is 12.1 Å². The van der Waals surface area contributed by atoms with Gasteiger partial charge in [0.05, 0.1) is 13.2 Å². The van der Waals surface area contributed by atoms with Crippen molar-refractivity contribution in [3.8, 4) is 5.75 Å². The van der Waals surface area contributed by atoms with Gasteiger partial charge in [-0.05, 0) is 81.2 Å². The SMILES string of the molecule is COc1cccc(C(CNC(=O)c2ccc3[nH]c(C)c(C)c3c2)N2CCCC2)c1. The zero-order valence-electron chi connectivity index (χ0n) is 17.4. The molecular formula is C24H29N3O2. The van der Waals surface area contributed by atoms with Crippen molar-refractivity contribution in [2.24, 2.45) is 0 Å². The summed E-state index contributed by atoms with van der Waals surface area (Å²) in [6.45, 7) is 6.85. The standard InChI is InChI=1S/C24H29N3O2/c1-16-17(2)26-22-10-9-19(14-21(16)22)24(28)25-15-23(27-11-4-5-12-27)18-7-6-8-20(13-18)29-3/h6-10,13-14,23,26H,4-5,11-12,15H2,1-3H3,(H,25,28). The number of aromatic amines is 1. The minimum absolute atomic E-state index is 0.0303. The minimum Gasteiger partial charge on any atom is -0.497 e. The summed E-state index contributed by atoms with van der Waals surface area (Å²) in [7, 11) is 1.69. The van der Waals surface area contributed by atoms with E-state index in [-0.39, 0.29) is 11.9 Å². The first kappa shape index (κ1) is 19.5. The van der Waals surface area contributed by atoms with E-state index in [1.54, 1.807) is 7.11 Å². The summed E-state index contributed by atoms with van der Waals surface area (Å²) >= 11 is 0. The van der Waals surface area contributed by atoms with Gasteiger partial charge >= 0.3 is 0 Å². The topological polar surface area (TPSA) is 57.4 Å². The number of nitrogens with one attached hydrogen (secondary N) is 2. The number of hydrogen-bond acceptors (Lipinski definition) is 3. The quantitative estimate of drug-likeness (QED) is 0.656. The third-order valence-corrected chi connectivity index (χ3v) is 6.09. The molecule has 0 radical (unpaired) electrons. The zero-order chi connectivity index (χ0) is 20.4. The van der Waals surface area contributed by atoms with Crippen LogP contribution >= 0.6 is 0 Å². The molecule has 1 saturated heterocycles. The Morgan fingerprint density at radius 2 is 1.97 bits per heavy atom. The number of aromatic nitrogens is 1. The van der Waals surface area contributed by atoms with Crippen LogP contribution in [-0.2, 0) is 0 Å². The zero-order valence-corrected chi connectivity index (χ0v) is 17.4. The highest BCUT2D eigenvalue weighted by molar-refractivity contribution is 5.99. The number of fused-ring (bicyclic) bond motifs is 1. The number of likely N-dealkylation sites (tertiary alicyclic amines) is 1. The Kier molecular flexibility index (Phi) is 5.58. The minimum atomic E-state index is -0.0303. The molecule has 1 aromatic heterocycles. The Morgan fingerprint density at radius 3 is 2.72 bits per heavy atom. The molecule has 0 aliphatic carbocycles. The summed E-state index contributed by atoms with van der Waals surface area (Å²) in [6.07, 6.45) is 2.41. The summed E-state index contributed by atoms with van der Waals surface area (Å²) in [6, 6.07) is 14.2. The number of benzene rings is 2. The van der Waals surface area contributed by atoms with Crippen LogP contribution in [-0.4, -0.2) is 42.5 Å². The molecule has 2 aromatic carbocycles. The summed E-state index contributed by atoms with van der Waals surface area (Å²) < 4.78 is 5.41. The largest absolute Gasteiger partial charge is 0.497 e. The lowest BCUT2D eigenvalue weighted by Crippen LogP contribution is -2.36. The second-order valence-electron chi connectivity index (χ2n) is 7.88. The Morgan fingerprint density at radius 1 is 1.17 bits per heavy atom. The monoisotopic (exact) mass is 391 g/mol. The van der Waals surface area contributed by atoms with Crippen LogP contribution in [0.4, 0.5) is 0 Å². The van der Waals surface area contributed by atoms with E-state index in [2.05, 4.69) is 41.2 Å². The molecule has 152 valence electrons. The van der Waals surface area contributed by atoms with Gasteiger partial charge in [0.15, 0.2) is 0 Å². The highest BCUT2D eigenvalue weighted by Crippen LogP contribution is 2.27. The summed E-state index contributed by atoms with van der Waals surface area (Å²) in [5.41, 5.74) is 5.29. The number of hydrogen-bond donors (Lipinski definition) is 2. The molecule has 1 unspecified atom stereocenters. The fourth-order valence-electron chi connectivity index (χ4n) is 4.25. The molecular weight excluding hydrogens is 362 g/mol. The Labute approximate surface area is 172 Å². The second kappa shape index (κ2) is 8.29. The number of amides is 1. The number of nitrogens with zero attached hydrogens (tertiary/aromatic N) is 1. The number of carbonyl (C=O) groups excluding carboxylic acids is 1. The molecule has 5 nitrogen and oxygen atoms in total. The molecule has 1 amide bonds. The van der Waals surface area contributed by atoms with Gasteiger partial charge in [-0.3, -0.25) is 9.69 Å². The molecule has 0 bridgehead atoms. The fraction of sp³-hybridized carbons (Fsp3) is 0.375. The number of ether oxygens (including phenoxy) is 1. The maximum atomic E-state index is 12.9. The predicted octanol–water partition coefficient (Wildman–Crippen LogP) is 4.36. The molecule has 29 heavy (non-hydrogen) atoms. The van der Waals surface area contributed by atoms with E-state index in [9.17, 15) is 4.79 Å². The van der Waals surface area contributed by atoms with E-state index >= 15 is 0 Å². The number of rotatable bonds is 6. The van der Waals surface area contributed by atoms with Gasteiger partial charge in [0.2, 0.25) is 0 Å². The van der Waals surface area contributed by atoms with Gasteiger partial charge in [0, 0.05) is 28.7 Å². The first-order valence-corrected chi connectivity index (χ1v) is 10.3. The van der Waals surface area contributed by atoms with Crippen molar-refractivity contribution in [2.45, 2.75) is 32.7 Å². The van der Waals surface area contributed by atoms with Crippen molar-refractivity contribution in [3.63, 3.8) is 0 Å². The third-order valence-electron chi connectivity index (χ3n) is 6.09. The number of aryl methyl sites for hydroxylation is 2. The average molecular weight is 392 g/mol. The molecule has 3 aromatic rings. The molecule has 1 atom stereocenters. The summed E-state index contributed by atoms with van der Waals surface area (Å²) in [4.78, 5) is 18.7. The molecule has 0 spiro atoms. The van der Waals surface area contributed by atoms with Crippen LogP contribution in [0.1, 0.15) is 46.1 Å². The normalized spacial score (nSPS) is 15.6. The number of H-pyrrole nitrogens is 1. The van der Waals surface area contributed by atoms with Crippen molar-refractivity contribution < 1.29 is 9.53 Å². The van der Waals surface area contributed by atoms with Gasteiger partial charge in [0.1, 0.15) is 5.75 Å². The van der Waals surface area contributed by atoms with Gasteiger partial charge in [0.25, 0.3) is 5.91 Å². The smallest absolute Gasteiger partial charge is 0.251 e. The second-order valence-corrected chi connectivity index (χ2v) is 7.88. The predicted molar refractivity (Wildman–Crippen MR) is 117 cm³/mol. The van der Waals surface area contributed by atoms with Gasteiger partial charge in [-0.2, -0.15) is 0 Å². The summed E-state index contributed by atoms with van der Waals surface area (Å²) in [5.74, 6) is 0.819. The van der Waals surface area contributed by atoms with Crippen LogP contribution in [0.15, 0.2) is 42.5 Å². The Bertz CT molecular complexity index is 1020. The lowest BCUT2D eigenvalue weighted by molar-refractivity contribution is 0.0938. The van der Waals surface area contributed by atoms with E-state index in [0.29, 0.717) is 12.1 Å². The van der Waals surface area contributed by atoms with E-state index < -0.39 is 0 Å². The van der Waals surface area contributed by atoms with Crippen molar-refractivity contribution in [2.75, 3.05) is 26.7 Å². The van der Waals surface area contributed by atoms with Gasteiger partial charge in [-0.15, -0.1) is 0 Å². The van der Waals surface area contributed by atoms with E-state index in [4.69, 9.17) is 4.74 Å².